The van der Waals surface area contributed by atoms with E-state index in [1.165, 1.54) is 0 Å². The molecule has 1 saturated heterocycles. The Bertz CT molecular complexity index is 769. The molecule has 4 rings (SSSR count). The van der Waals surface area contributed by atoms with Crippen LogP contribution in [-0.2, 0) is 17.8 Å². The second kappa shape index (κ2) is 6.11. The van der Waals surface area contributed by atoms with Crippen LogP contribution in [0.1, 0.15) is 40.8 Å². The van der Waals surface area contributed by atoms with Crippen molar-refractivity contribution < 1.29 is 9.59 Å². The Morgan fingerprint density at radius 1 is 1.21 bits per heavy atom. The molecule has 1 aromatic heterocycles. The van der Waals surface area contributed by atoms with Gasteiger partial charge < -0.3 is 14.8 Å². The second-order valence-corrected chi connectivity index (χ2v) is 6.35. The zero-order chi connectivity index (χ0) is 16.5. The molecule has 1 atom stereocenters. The summed E-state index contributed by atoms with van der Waals surface area (Å²) in [6.45, 7) is 1.33. The quantitative estimate of drug-likeness (QED) is 0.911. The monoisotopic (exact) mass is 324 g/mol. The van der Waals surface area contributed by atoms with Gasteiger partial charge in [0.15, 0.2) is 5.82 Å². The molecule has 0 radical (unpaired) electrons. The van der Waals surface area contributed by atoms with Crippen LogP contribution in [0.25, 0.3) is 0 Å². The maximum absolute atomic E-state index is 13.1. The van der Waals surface area contributed by atoms with E-state index in [4.69, 9.17) is 0 Å². The number of nitrogens with one attached hydrogen (secondary N) is 1. The van der Waals surface area contributed by atoms with Crippen LogP contribution < -0.4 is 5.32 Å². The maximum Gasteiger partial charge on any atom is 0.290 e. The third kappa shape index (κ3) is 2.58. The lowest BCUT2D eigenvalue weighted by molar-refractivity contribution is -0.124. The number of benzene rings is 1. The number of rotatable bonds is 2. The Morgan fingerprint density at radius 2 is 2.04 bits per heavy atom. The lowest BCUT2D eigenvalue weighted by Crippen LogP contribution is -2.52. The normalized spacial score (nSPS) is 20.4. The third-order valence-electron chi connectivity index (χ3n) is 4.82. The van der Waals surface area contributed by atoms with Crippen molar-refractivity contribution in [2.75, 3.05) is 13.1 Å². The Kier molecular flexibility index (Phi) is 3.80. The molecule has 24 heavy (non-hydrogen) atoms. The molecule has 3 heterocycles. The fourth-order valence-electron chi connectivity index (χ4n) is 3.56. The topological polar surface area (TPSA) is 67.2 Å². The molecular weight excluding hydrogens is 304 g/mol. The average molecular weight is 324 g/mol. The molecule has 1 fully saturated rings. The summed E-state index contributed by atoms with van der Waals surface area (Å²) in [4.78, 5) is 31.0. The van der Waals surface area contributed by atoms with Crippen LogP contribution in [0.4, 0.5) is 0 Å². The first-order valence-electron chi connectivity index (χ1n) is 8.41. The number of imidazole rings is 1. The van der Waals surface area contributed by atoms with E-state index in [0.29, 0.717) is 12.4 Å². The summed E-state index contributed by atoms with van der Waals surface area (Å²) in [5.41, 5.74) is 2.14. The largest absolute Gasteiger partial charge is 0.352 e. The third-order valence-corrected chi connectivity index (χ3v) is 4.82. The SMILES string of the molecule is O=C1CN(C(=O)c2ncc3n2CCCC3)C(c2ccccc2)CN1. The van der Waals surface area contributed by atoms with Crippen LogP contribution >= 0.6 is 0 Å². The van der Waals surface area contributed by atoms with Crippen molar-refractivity contribution >= 4 is 11.8 Å². The predicted molar refractivity (Wildman–Crippen MR) is 88.4 cm³/mol. The van der Waals surface area contributed by atoms with Crippen LogP contribution in [0.2, 0.25) is 0 Å². The summed E-state index contributed by atoms with van der Waals surface area (Å²) >= 11 is 0. The molecule has 6 nitrogen and oxygen atoms in total. The van der Waals surface area contributed by atoms with Gasteiger partial charge in [0.2, 0.25) is 5.91 Å². The minimum absolute atomic E-state index is 0.0700. The van der Waals surface area contributed by atoms with Gasteiger partial charge in [-0.1, -0.05) is 30.3 Å². The van der Waals surface area contributed by atoms with E-state index in [0.717, 1.165) is 37.1 Å². The van der Waals surface area contributed by atoms with Gasteiger partial charge in [-0.2, -0.15) is 0 Å². The van der Waals surface area contributed by atoms with Crippen molar-refractivity contribution in [2.24, 2.45) is 0 Å². The number of hydrogen-bond acceptors (Lipinski definition) is 3. The summed E-state index contributed by atoms with van der Waals surface area (Å²) in [5, 5.41) is 2.86. The summed E-state index contributed by atoms with van der Waals surface area (Å²) in [5.74, 6) is 0.174. The highest BCUT2D eigenvalue weighted by molar-refractivity contribution is 5.95. The number of piperazine rings is 1. The Labute approximate surface area is 140 Å². The minimum Gasteiger partial charge on any atom is -0.352 e. The molecule has 2 aliphatic heterocycles. The number of aryl methyl sites for hydroxylation is 1. The molecule has 6 heteroatoms. The number of carbonyl (C=O) groups excluding carboxylic acids is 2. The summed E-state index contributed by atoms with van der Waals surface area (Å²) in [6.07, 6.45) is 4.96. The minimum atomic E-state index is -0.160. The Hall–Kier alpha value is -2.63. The van der Waals surface area contributed by atoms with Gasteiger partial charge in [0.1, 0.15) is 6.54 Å². The molecule has 124 valence electrons. The first kappa shape index (κ1) is 14.9. The van der Waals surface area contributed by atoms with Gasteiger partial charge in [0, 0.05) is 25.0 Å². The number of amides is 2. The molecule has 2 aliphatic rings. The zero-order valence-corrected chi connectivity index (χ0v) is 13.4. The molecule has 0 aliphatic carbocycles. The molecule has 2 amide bonds. The lowest BCUT2D eigenvalue weighted by Gasteiger charge is -2.35. The first-order chi connectivity index (χ1) is 11.7. The molecule has 1 N–H and O–H groups in total. The number of carbonyl (C=O) groups is 2. The first-order valence-corrected chi connectivity index (χ1v) is 8.41. The van der Waals surface area contributed by atoms with Gasteiger partial charge in [-0.05, 0) is 24.8 Å². The van der Waals surface area contributed by atoms with Gasteiger partial charge >= 0.3 is 0 Å². The van der Waals surface area contributed by atoms with Gasteiger partial charge in [-0.15, -0.1) is 0 Å². The van der Waals surface area contributed by atoms with E-state index in [2.05, 4.69) is 10.3 Å². The van der Waals surface area contributed by atoms with Gasteiger partial charge in [-0.3, -0.25) is 9.59 Å². The van der Waals surface area contributed by atoms with Gasteiger partial charge in [0.25, 0.3) is 5.91 Å². The standard InChI is InChI=1S/C18H20N4O2/c23-16-12-22(15(11-19-16)13-6-2-1-3-7-13)18(24)17-20-10-14-8-4-5-9-21(14)17/h1-3,6-7,10,15H,4-5,8-9,11-12H2,(H,19,23). The van der Waals surface area contributed by atoms with Gasteiger partial charge in [-0.25, -0.2) is 4.98 Å². The smallest absolute Gasteiger partial charge is 0.290 e. The molecule has 0 bridgehead atoms. The second-order valence-electron chi connectivity index (χ2n) is 6.35. The Morgan fingerprint density at radius 3 is 2.88 bits per heavy atom. The van der Waals surface area contributed by atoms with Crippen molar-refractivity contribution in [3.05, 3.63) is 53.6 Å². The van der Waals surface area contributed by atoms with Crippen LogP contribution in [0, 0.1) is 0 Å². The van der Waals surface area contributed by atoms with Crippen LogP contribution in [0.15, 0.2) is 36.5 Å². The van der Waals surface area contributed by atoms with Crippen molar-refractivity contribution in [2.45, 2.75) is 31.8 Å². The van der Waals surface area contributed by atoms with Crippen molar-refractivity contribution in [3.8, 4) is 0 Å². The van der Waals surface area contributed by atoms with E-state index in [-0.39, 0.29) is 24.4 Å². The summed E-state index contributed by atoms with van der Waals surface area (Å²) in [6, 6.07) is 9.67. The molecule has 0 saturated carbocycles. The fraction of sp³-hybridized carbons (Fsp3) is 0.389. The number of fused-ring (bicyclic) bond motifs is 1. The van der Waals surface area contributed by atoms with Crippen molar-refractivity contribution in [1.29, 1.82) is 0 Å². The van der Waals surface area contributed by atoms with E-state index in [9.17, 15) is 9.59 Å². The van der Waals surface area contributed by atoms with Gasteiger partial charge in [0.05, 0.1) is 6.04 Å². The lowest BCUT2D eigenvalue weighted by atomic mass is 10.0. The average Bonchev–Trinajstić information content (AvgIpc) is 3.06. The molecule has 1 aromatic carbocycles. The highest BCUT2D eigenvalue weighted by atomic mass is 16.2. The van der Waals surface area contributed by atoms with Crippen LogP contribution in [0.3, 0.4) is 0 Å². The van der Waals surface area contributed by atoms with E-state index in [1.807, 2.05) is 34.9 Å². The predicted octanol–water partition coefficient (Wildman–Crippen LogP) is 1.53. The van der Waals surface area contributed by atoms with E-state index in [1.54, 1.807) is 11.1 Å². The number of nitrogens with zero attached hydrogens (tertiary/aromatic N) is 3. The molecule has 2 aromatic rings. The van der Waals surface area contributed by atoms with Crippen LogP contribution in [0.5, 0.6) is 0 Å². The number of hydrogen-bond donors (Lipinski definition) is 1. The summed E-state index contributed by atoms with van der Waals surface area (Å²) in [7, 11) is 0. The van der Waals surface area contributed by atoms with Crippen molar-refractivity contribution in [3.63, 3.8) is 0 Å². The van der Waals surface area contributed by atoms with Crippen LogP contribution in [-0.4, -0.2) is 39.4 Å². The molecule has 1 unspecified atom stereocenters. The highest BCUT2D eigenvalue weighted by Gasteiger charge is 2.34. The summed E-state index contributed by atoms with van der Waals surface area (Å²) < 4.78 is 2.01. The Balaban J connectivity index is 1.67. The van der Waals surface area contributed by atoms with Crippen molar-refractivity contribution in [1.82, 2.24) is 19.8 Å². The zero-order valence-electron chi connectivity index (χ0n) is 13.4. The van der Waals surface area contributed by atoms with E-state index >= 15 is 0 Å². The highest BCUT2D eigenvalue weighted by Crippen LogP contribution is 2.25. The fourth-order valence-corrected chi connectivity index (χ4v) is 3.56. The molecular formula is C18H20N4O2. The number of aromatic nitrogens is 2. The van der Waals surface area contributed by atoms with E-state index < -0.39 is 0 Å². The molecule has 0 spiro atoms. The maximum atomic E-state index is 13.1.